The molecule has 1 aromatic carbocycles. The number of nitrogens with zero attached hydrogens (tertiary/aromatic N) is 1. The minimum atomic E-state index is -0.0474. The van der Waals surface area contributed by atoms with Crippen LogP contribution in [0.2, 0.25) is 0 Å². The van der Waals surface area contributed by atoms with Crippen LogP contribution in [-0.2, 0) is 6.54 Å². The molecule has 5 nitrogen and oxygen atoms in total. The van der Waals surface area contributed by atoms with E-state index in [1.807, 2.05) is 6.07 Å². The van der Waals surface area contributed by atoms with Crippen LogP contribution in [0.1, 0.15) is 0 Å². The number of pyridine rings is 1. The maximum absolute atomic E-state index is 11.5. The summed E-state index contributed by atoms with van der Waals surface area (Å²) in [6, 6.07) is 10.3. The SMILES string of the molecule is COc1ccc(OCCn2ccccc2=O)c(N)c1. The summed E-state index contributed by atoms with van der Waals surface area (Å²) in [6.45, 7) is 0.853. The van der Waals surface area contributed by atoms with Crippen LogP contribution in [0, 0.1) is 0 Å². The zero-order chi connectivity index (χ0) is 13.7. The van der Waals surface area contributed by atoms with Crippen LogP contribution in [0.25, 0.3) is 0 Å². The molecule has 0 aliphatic carbocycles. The lowest BCUT2D eigenvalue weighted by molar-refractivity contribution is 0.297. The fourth-order valence-electron chi connectivity index (χ4n) is 1.68. The van der Waals surface area contributed by atoms with Crippen LogP contribution in [0.15, 0.2) is 47.4 Å². The zero-order valence-corrected chi connectivity index (χ0v) is 10.7. The summed E-state index contributed by atoms with van der Waals surface area (Å²) in [6.07, 6.45) is 1.73. The van der Waals surface area contributed by atoms with E-state index < -0.39 is 0 Å². The van der Waals surface area contributed by atoms with E-state index in [4.69, 9.17) is 15.2 Å². The summed E-state index contributed by atoms with van der Waals surface area (Å²) in [7, 11) is 1.58. The fraction of sp³-hybridized carbons (Fsp3) is 0.214. The van der Waals surface area contributed by atoms with Crippen molar-refractivity contribution in [2.75, 3.05) is 19.5 Å². The number of rotatable bonds is 5. The quantitative estimate of drug-likeness (QED) is 0.828. The summed E-state index contributed by atoms with van der Waals surface area (Å²) in [5.41, 5.74) is 6.30. The summed E-state index contributed by atoms with van der Waals surface area (Å²) in [5, 5.41) is 0. The Morgan fingerprint density at radius 2 is 2.11 bits per heavy atom. The predicted octanol–water partition coefficient (Wildman–Crippen LogP) is 1.52. The van der Waals surface area contributed by atoms with Crippen LogP contribution in [0.5, 0.6) is 11.5 Å². The summed E-state index contributed by atoms with van der Waals surface area (Å²) < 4.78 is 12.2. The molecule has 0 aliphatic rings. The molecule has 0 fully saturated rings. The van der Waals surface area contributed by atoms with Gasteiger partial charge in [0.1, 0.15) is 18.1 Å². The molecule has 1 aromatic heterocycles. The number of hydrogen-bond acceptors (Lipinski definition) is 4. The van der Waals surface area contributed by atoms with E-state index in [0.29, 0.717) is 30.3 Å². The van der Waals surface area contributed by atoms with Gasteiger partial charge in [-0.15, -0.1) is 0 Å². The number of methoxy groups -OCH3 is 1. The maximum atomic E-state index is 11.5. The Morgan fingerprint density at radius 3 is 2.79 bits per heavy atom. The minimum absolute atomic E-state index is 0.0474. The molecule has 2 N–H and O–H groups in total. The van der Waals surface area contributed by atoms with Crippen LogP contribution in [-0.4, -0.2) is 18.3 Å². The van der Waals surface area contributed by atoms with Gasteiger partial charge < -0.3 is 19.8 Å². The van der Waals surface area contributed by atoms with Gasteiger partial charge in [-0.2, -0.15) is 0 Å². The molecule has 19 heavy (non-hydrogen) atoms. The van der Waals surface area contributed by atoms with E-state index >= 15 is 0 Å². The Labute approximate surface area is 111 Å². The largest absolute Gasteiger partial charge is 0.497 e. The molecule has 2 rings (SSSR count). The molecule has 100 valence electrons. The van der Waals surface area contributed by atoms with Gasteiger partial charge in [-0.1, -0.05) is 6.07 Å². The normalized spacial score (nSPS) is 10.2. The van der Waals surface area contributed by atoms with E-state index in [2.05, 4.69) is 0 Å². The highest BCUT2D eigenvalue weighted by atomic mass is 16.5. The van der Waals surface area contributed by atoms with Gasteiger partial charge in [0.05, 0.1) is 19.3 Å². The molecule has 0 unspecified atom stereocenters. The van der Waals surface area contributed by atoms with Gasteiger partial charge in [0.15, 0.2) is 0 Å². The monoisotopic (exact) mass is 260 g/mol. The van der Waals surface area contributed by atoms with Gasteiger partial charge in [-0.25, -0.2) is 0 Å². The second-order valence-corrected chi connectivity index (χ2v) is 3.98. The average molecular weight is 260 g/mol. The number of nitrogen functional groups attached to an aromatic ring is 1. The third kappa shape index (κ3) is 3.28. The molecular formula is C14H16N2O3. The minimum Gasteiger partial charge on any atom is -0.497 e. The molecule has 0 bridgehead atoms. The van der Waals surface area contributed by atoms with Crippen molar-refractivity contribution in [2.45, 2.75) is 6.54 Å². The van der Waals surface area contributed by atoms with Crippen molar-refractivity contribution in [1.29, 1.82) is 0 Å². The number of hydrogen-bond donors (Lipinski definition) is 1. The van der Waals surface area contributed by atoms with E-state index in [1.165, 1.54) is 6.07 Å². The van der Waals surface area contributed by atoms with Crippen LogP contribution >= 0.6 is 0 Å². The van der Waals surface area contributed by atoms with Crippen molar-refractivity contribution >= 4 is 5.69 Å². The van der Waals surface area contributed by atoms with Gasteiger partial charge >= 0.3 is 0 Å². The second-order valence-electron chi connectivity index (χ2n) is 3.98. The van der Waals surface area contributed by atoms with Crippen LogP contribution < -0.4 is 20.8 Å². The second kappa shape index (κ2) is 5.95. The lowest BCUT2D eigenvalue weighted by Crippen LogP contribution is -2.21. The first-order valence-corrected chi connectivity index (χ1v) is 5.92. The van der Waals surface area contributed by atoms with Crippen molar-refractivity contribution in [3.63, 3.8) is 0 Å². The van der Waals surface area contributed by atoms with Crippen molar-refractivity contribution < 1.29 is 9.47 Å². The molecule has 0 aliphatic heterocycles. The maximum Gasteiger partial charge on any atom is 0.250 e. The van der Waals surface area contributed by atoms with Gasteiger partial charge in [-0.05, 0) is 18.2 Å². The van der Waals surface area contributed by atoms with Crippen molar-refractivity contribution in [3.05, 3.63) is 52.9 Å². The summed E-state index contributed by atoms with van der Waals surface area (Å²) in [4.78, 5) is 11.5. The van der Waals surface area contributed by atoms with Gasteiger partial charge in [0.2, 0.25) is 0 Å². The number of anilines is 1. The molecule has 2 aromatic rings. The van der Waals surface area contributed by atoms with E-state index in [0.717, 1.165) is 0 Å². The Balaban J connectivity index is 1.96. The highest BCUT2D eigenvalue weighted by Gasteiger charge is 2.02. The number of nitrogens with two attached hydrogens (primary N) is 1. The lowest BCUT2D eigenvalue weighted by atomic mass is 10.3. The topological polar surface area (TPSA) is 66.5 Å². The van der Waals surface area contributed by atoms with Crippen molar-refractivity contribution in [3.8, 4) is 11.5 Å². The number of ether oxygens (including phenoxy) is 2. The first kappa shape index (κ1) is 13.0. The standard InChI is InChI=1S/C14H16N2O3/c1-18-11-5-6-13(12(15)10-11)19-9-8-16-7-3-2-4-14(16)17/h2-7,10H,8-9,15H2,1H3. The smallest absolute Gasteiger partial charge is 0.250 e. The highest BCUT2D eigenvalue weighted by molar-refractivity contribution is 5.56. The third-order valence-electron chi connectivity index (χ3n) is 2.71. The van der Waals surface area contributed by atoms with Crippen LogP contribution in [0.4, 0.5) is 5.69 Å². The lowest BCUT2D eigenvalue weighted by Gasteiger charge is -2.11. The number of benzene rings is 1. The average Bonchev–Trinajstić information content (AvgIpc) is 2.42. The van der Waals surface area contributed by atoms with E-state index in [9.17, 15) is 4.79 Å². The Kier molecular flexibility index (Phi) is 4.07. The van der Waals surface area contributed by atoms with Crippen molar-refractivity contribution in [2.24, 2.45) is 0 Å². The predicted molar refractivity (Wildman–Crippen MR) is 73.6 cm³/mol. The molecule has 5 heteroatoms. The van der Waals surface area contributed by atoms with Crippen molar-refractivity contribution in [1.82, 2.24) is 4.57 Å². The van der Waals surface area contributed by atoms with E-state index in [-0.39, 0.29) is 5.56 Å². The Morgan fingerprint density at radius 1 is 1.26 bits per heavy atom. The fourth-order valence-corrected chi connectivity index (χ4v) is 1.68. The molecule has 1 heterocycles. The van der Waals surface area contributed by atoms with Gasteiger partial charge in [0, 0.05) is 18.3 Å². The van der Waals surface area contributed by atoms with Gasteiger partial charge in [0.25, 0.3) is 5.56 Å². The summed E-state index contributed by atoms with van der Waals surface area (Å²) in [5.74, 6) is 1.27. The number of aromatic nitrogens is 1. The van der Waals surface area contributed by atoms with Crippen LogP contribution in [0.3, 0.4) is 0 Å². The zero-order valence-electron chi connectivity index (χ0n) is 10.7. The Bertz CT molecular complexity index is 608. The molecule has 0 amide bonds. The van der Waals surface area contributed by atoms with E-state index in [1.54, 1.807) is 42.1 Å². The molecule has 0 saturated heterocycles. The highest BCUT2D eigenvalue weighted by Crippen LogP contribution is 2.26. The third-order valence-corrected chi connectivity index (χ3v) is 2.71. The molecule has 0 saturated carbocycles. The van der Waals surface area contributed by atoms with Gasteiger partial charge in [-0.3, -0.25) is 4.79 Å². The first-order valence-electron chi connectivity index (χ1n) is 5.92. The molecule has 0 atom stereocenters. The molecule has 0 radical (unpaired) electrons. The Hall–Kier alpha value is -2.43. The molecule has 0 spiro atoms. The first-order chi connectivity index (χ1) is 9.20. The molecular weight excluding hydrogens is 244 g/mol. The summed E-state index contributed by atoms with van der Waals surface area (Å²) >= 11 is 0.